The predicted octanol–water partition coefficient (Wildman–Crippen LogP) is 4.38. The summed E-state index contributed by atoms with van der Waals surface area (Å²) in [6, 6.07) is 3.65. The molecule has 1 aromatic heterocycles. The van der Waals surface area contributed by atoms with Crippen LogP contribution >= 0.6 is 0 Å². The van der Waals surface area contributed by atoms with Crippen molar-refractivity contribution in [3.8, 4) is 11.8 Å². The van der Waals surface area contributed by atoms with E-state index in [1.807, 2.05) is 0 Å². The van der Waals surface area contributed by atoms with Gasteiger partial charge in [0, 0.05) is 36.1 Å². The molecule has 0 bridgehead atoms. The highest BCUT2D eigenvalue weighted by molar-refractivity contribution is 5.95. The maximum absolute atomic E-state index is 14.7. The van der Waals surface area contributed by atoms with Crippen LogP contribution < -0.4 is 5.73 Å². The fraction of sp³-hybridized carbons (Fsp3) is 0.375. The number of aromatic nitrogens is 1. The van der Waals surface area contributed by atoms with E-state index < -0.39 is 66.3 Å². The van der Waals surface area contributed by atoms with Crippen LogP contribution in [0.25, 0.3) is 0 Å². The number of aliphatic imine (C=N–C) groups is 1. The van der Waals surface area contributed by atoms with Crippen LogP contribution in [-0.2, 0) is 16.7 Å². The Bertz CT molecular complexity index is 1230. The third kappa shape index (κ3) is 5.42. The van der Waals surface area contributed by atoms with Crippen LogP contribution in [0.5, 0.6) is 0 Å². The summed E-state index contributed by atoms with van der Waals surface area (Å²) in [5, 5.41) is 0. The fourth-order valence-electron chi connectivity index (χ4n) is 3.69. The first-order valence-electron chi connectivity index (χ1n) is 10.6. The fourth-order valence-corrected chi connectivity index (χ4v) is 3.69. The molecule has 0 saturated heterocycles. The first-order chi connectivity index (χ1) is 16.5. The molecule has 1 saturated carbocycles. The number of alkyl halides is 4. The number of amidine groups is 1. The van der Waals surface area contributed by atoms with Crippen molar-refractivity contribution in [2.75, 3.05) is 6.67 Å². The number of nitrogens with zero attached hydrogens (tertiary/aromatic N) is 2. The highest BCUT2D eigenvalue weighted by Crippen LogP contribution is 2.42. The molecule has 0 amide bonds. The second kappa shape index (κ2) is 9.24. The van der Waals surface area contributed by atoms with Crippen molar-refractivity contribution < 1.29 is 35.9 Å². The van der Waals surface area contributed by atoms with Crippen LogP contribution in [0.2, 0.25) is 0 Å². The van der Waals surface area contributed by atoms with E-state index in [0.717, 1.165) is 18.9 Å². The number of Topliss-reactive ketones (excluding diaryl/α,β-unsaturated/α-hetero) is 1. The van der Waals surface area contributed by atoms with E-state index in [4.69, 9.17) is 5.73 Å². The number of pyridine rings is 1. The predicted molar refractivity (Wildman–Crippen MR) is 113 cm³/mol. The number of carbonyl (C=O) groups is 1. The average Bonchev–Trinajstić information content (AvgIpc) is 3.63. The molecule has 2 atom stereocenters. The van der Waals surface area contributed by atoms with Gasteiger partial charge in [-0.1, -0.05) is 11.8 Å². The molecule has 4 rings (SSSR count). The van der Waals surface area contributed by atoms with Crippen molar-refractivity contribution in [1.29, 1.82) is 0 Å². The summed E-state index contributed by atoms with van der Waals surface area (Å²) in [6.07, 6.45) is -5.64. The minimum atomic E-state index is -4.95. The molecule has 2 aliphatic rings. The van der Waals surface area contributed by atoms with Gasteiger partial charge in [0.2, 0.25) is 0 Å². The highest BCUT2D eigenvalue weighted by Gasteiger charge is 2.52. The lowest BCUT2D eigenvalue weighted by Crippen LogP contribution is -2.48. The molecule has 2 N–H and O–H groups in total. The van der Waals surface area contributed by atoms with Crippen molar-refractivity contribution in [3.05, 3.63) is 64.5 Å². The van der Waals surface area contributed by atoms with E-state index in [1.165, 1.54) is 12.3 Å². The number of halogens is 6. The zero-order valence-electron chi connectivity index (χ0n) is 18.1. The Morgan fingerprint density at radius 2 is 1.97 bits per heavy atom. The Labute approximate surface area is 196 Å². The largest absolute Gasteiger partial charge is 0.452 e. The number of nitrogens with two attached hydrogens (primary N) is 1. The third-order valence-corrected chi connectivity index (χ3v) is 5.70. The SMILES string of the molecule is NC1=N[C@](CF)(c2cc(CC(=O)c3ccc(C#CC4CC4)cn3)cc(F)c2F)C[C@@H](C(F)(F)F)O1. The number of hydrogen-bond acceptors (Lipinski definition) is 5. The van der Waals surface area contributed by atoms with Crippen LogP contribution in [0.1, 0.15) is 46.4 Å². The van der Waals surface area contributed by atoms with Crippen molar-refractivity contribution in [2.45, 2.75) is 43.5 Å². The summed E-state index contributed by atoms with van der Waals surface area (Å²) in [7, 11) is 0. The van der Waals surface area contributed by atoms with Gasteiger partial charge in [-0.15, -0.1) is 0 Å². The zero-order chi connectivity index (χ0) is 25.4. The van der Waals surface area contributed by atoms with Crippen molar-refractivity contribution in [3.63, 3.8) is 0 Å². The third-order valence-electron chi connectivity index (χ3n) is 5.70. The molecule has 0 spiro atoms. The standard InChI is InChI=1S/C24H19F6N3O2/c25-12-23(10-20(24(28,29)30)35-22(31)33-23)16-7-15(8-17(26)21(16)27)9-19(34)18-6-5-14(11-32-18)4-3-13-1-2-13/h5-8,11,13,20H,1-2,9-10,12H2,(H2,31,33)/t20-,23+/m0/s1. The quantitative estimate of drug-likeness (QED) is 0.380. The monoisotopic (exact) mass is 495 g/mol. The lowest BCUT2D eigenvalue weighted by atomic mass is 9.83. The van der Waals surface area contributed by atoms with E-state index in [-0.39, 0.29) is 11.3 Å². The minimum absolute atomic E-state index is 0.0268. The molecule has 184 valence electrons. The van der Waals surface area contributed by atoms with Crippen LogP contribution in [0.4, 0.5) is 26.3 Å². The Morgan fingerprint density at radius 3 is 2.57 bits per heavy atom. The molecule has 1 aromatic carbocycles. The summed E-state index contributed by atoms with van der Waals surface area (Å²) >= 11 is 0. The summed E-state index contributed by atoms with van der Waals surface area (Å²) in [5.74, 6) is 2.75. The topological polar surface area (TPSA) is 77.6 Å². The summed E-state index contributed by atoms with van der Waals surface area (Å²) in [4.78, 5) is 20.3. The van der Waals surface area contributed by atoms with Gasteiger partial charge in [0.15, 0.2) is 23.5 Å². The van der Waals surface area contributed by atoms with E-state index in [0.29, 0.717) is 17.5 Å². The van der Waals surface area contributed by atoms with E-state index >= 15 is 0 Å². The smallest absolute Gasteiger partial charge is 0.425 e. The molecule has 1 fully saturated rings. The van der Waals surface area contributed by atoms with E-state index in [1.54, 1.807) is 6.07 Å². The molecule has 11 heteroatoms. The Balaban J connectivity index is 1.62. The van der Waals surface area contributed by atoms with Gasteiger partial charge in [0.25, 0.3) is 6.02 Å². The number of benzene rings is 1. The summed E-state index contributed by atoms with van der Waals surface area (Å²) in [6.45, 7) is -1.61. The molecule has 1 aliphatic heterocycles. The molecule has 0 radical (unpaired) electrons. The van der Waals surface area contributed by atoms with Gasteiger partial charge < -0.3 is 10.5 Å². The summed E-state index contributed by atoms with van der Waals surface area (Å²) in [5.41, 5.74) is 2.59. The second-order valence-corrected chi connectivity index (χ2v) is 8.48. The van der Waals surface area contributed by atoms with E-state index in [9.17, 15) is 31.1 Å². The molecule has 35 heavy (non-hydrogen) atoms. The minimum Gasteiger partial charge on any atom is -0.452 e. The van der Waals surface area contributed by atoms with Crippen molar-refractivity contribution in [2.24, 2.45) is 16.6 Å². The number of carbonyl (C=O) groups excluding carboxylic acids is 1. The van der Waals surface area contributed by atoms with Crippen LogP contribution in [0.3, 0.4) is 0 Å². The van der Waals surface area contributed by atoms with Crippen LogP contribution in [0.15, 0.2) is 35.5 Å². The number of rotatable bonds is 5. The maximum Gasteiger partial charge on any atom is 0.425 e. The van der Waals surface area contributed by atoms with Crippen molar-refractivity contribution >= 4 is 11.8 Å². The second-order valence-electron chi connectivity index (χ2n) is 8.48. The van der Waals surface area contributed by atoms with Crippen molar-refractivity contribution in [1.82, 2.24) is 4.98 Å². The Morgan fingerprint density at radius 1 is 1.23 bits per heavy atom. The molecule has 2 aromatic rings. The molecule has 5 nitrogen and oxygen atoms in total. The summed E-state index contributed by atoms with van der Waals surface area (Å²) < 4.78 is 87.5. The molecular formula is C24H19F6N3O2. The Hall–Kier alpha value is -3.55. The lowest BCUT2D eigenvalue weighted by Gasteiger charge is -2.36. The van der Waals surface area contributed by atoms with E-state index in [2.05, 4.69) is 26.6 Å². The molecule has 2 heterocycles. The number of ketones is 1. The Kier molecular flexibility index (Phi) is 6.49. The first-order valence-corrected chi connectivity index (χ1v) is 10.6. The van der Waals surface area contributed by atoms with Crippen LogP contribution in [-0.4, -0.2) is 35.7 Å². The lowest BCUT2D eigenvalue weighted by molar-refractivity contribution is -0.209. The van der Waals surface area contributed by atoms with Gasteiger partial charge in [0.1, 0.15) is 17.9 Å². The van der Waals surface area contributed by atoms with Gasteiger partial charge >= 0.3 is 6.18 Å². The number of ether oxygens (including phenoxy) is 1. The van der Waals surface area contributed by atoms with Crippen LogP contribution in [0, 0.1) is 29.4 Å². The molecule has 1 aliphatic carbocycles. The van der Waals surface area contributed by atoms with Gasteiger partial charge in [-0.05, 0) is 42.7 Å². The normalized spacial score (nSPS) is 22.0. The average molecular weight is 495 g/mol. The van der Waals surface area contributed by atoms with Gasteiger partial charge in [-0.3, -0.25) is 9.78 Å². The van der Waals surface area contributed by atoms with Gasteiger partial charge in [-0.25, -0.2) is 18.2 Å². The van der Waals surface area contributed by atoms with Gasteiger partial charge in [-0.2, -0.15) is 13.2 Å². The van der Waals surface area contributed by atoms with Gasteiger partial charge in [0.05, 0.1) is 0 Å². The maximum atomic E-state index is 14.7. The first kappa shape index (κ1) is 24.6. The highest BCUT2D eigenvalue weighted by atomic mass is 19.4. The molecular weight excluding hydrogens is 476 g/mol. The zero-order valence-corrected chi connectivity index (χ0v) is 18.1. The number of hydrogen-bond donors (Lipinski definition) is 1. The molecule has 0 unspecified atom stereocenters.